The molecule has 66 valence electrons. The van der Waals surface area contributed by atoms with Crippen LogP contribution in [0.2, 0.25) is 0 Å². The summed E-state index contributed by atoms with van der Waals surface area (Å²) in [6, 6.07) is 5.82. The number of aliphatic hydroxyl groups is 1. The first kappa shape index (κ1) is 9.42. The van der Waals surface area contributed by atoms with E-state index in [1.807, 2.05) is 25.1 Å². The first-order chi connectivity index (χ1) is 5.74. The Morgan fingerprint density at radius 2 is 2.25 bits per heavy atom. The van der Waals surface area contributed by atoms with Crippen LogP contribution in [0.3, 0.4) is 0 Å². The average Bonchev–Trinajstić information content (AvgIpc) is 2.03. The third-order valence-corrected chi connectivity index (χ3v) is 2.70. The molecule has 0 aromatic heterocycles. The molecule has 0 spiro atoms. The van der Waals surface area contributed by atoms with Crippen LogP contribution in [0.1, 0.15) is 5.56 Å². The Labute approximate surface area is 76.8 Å². The van der Waals surface area contributed by atoms with Crippen LogP contribution < -0.4 is 5.73 Å². The van der Waals surface area contributed by atoms with Crippen LogP contribution in [-0.4, -0.2) is 17.5 Å². The summed E-state index contributed by atoms with van der Waals surface area (Å²) in [4.78, 5) is 1.19. The molecule has 0 bridgehead atoms. The Morgan fingerprint density at radius 1 is 1.50 bits per heavy atom. The van der Waals surface area contributed by atoms with Crippen molar-refractivity contribution in [3.63, 3.8) is 0 Å². The van der Waals surface area contributed by atoms with Crippen molar-refractivity contribution in [1.82, 2.24) is 0 Å². The lowest BCUT2D eigenvalue weighted by molar-refractivity contribution is 0.322. The molecule has 0 aliphatic heterocycles. The Hall–Kier alpha value is -0.670. The van der Waals surface area contributed by atoms with E-state index in [9.17, 15) is 0 Å². The van der Waals surface area contributed by atoms with Crippen molar-refractivity contribution in [1.29, 1.82) is 0 Å². The molecule has 12 heavy (non-hydrogen) atoms. The van der Waals surface area contributed by atoms with Gasteiger partial charge in [-0.25, -0.2) is 0 Å². The molecule has 1 aromatic carbocycles. The molecule has 0 unspecified atom stereocenters. The van der Waals surface area contributed by atoms with Gasteiger partial charge in [0.25, 0.3) is 0 Å². The molecule has 0 fully saturated rings. The zero-order chi connectivity index (χ0) is 8.97. The quantitative estimate of drug-likeness (QED) is 0.553. The molecule has 0 aliphatic carbocycles. The van der Waals surface area contributed by atoms with E-state index in [4.69, 9.17) is 10.8 Å². The number of aryl methyl sites for hydroxylation is 1. The zero-order valence-corrected chi connectivity index (χ0v) is 7.90. The molecule has 0 saturated heterocycles. The van der Waals surface area contributed by atoms with E-state index in [-0.39, 0.29) is 6.61 Å². The lowest BCUT2D eigenvalue weighted by Crippen LogP contribution is -1.90. The van der Waals surface area contributed by atoms with Crippen LogP contribution in [0, 0.1) is 6.92 Å². The second kappa shape index (κ2) is 4.38. The van der Waals surface area contributed by atoms with Gasteiger partial charge in [0, 0.05) is 16.3 Å². The summed E-state index contributed by atoms with van der Waals surface area (Å²) in [6.45, 7) is 2.24. The van der Waals surface area contributed by atoms with E-state index >= 15 is 0 Å². The highest BCUT2D eigenvalue weighted by atomic mass is 32.2. The predicted molar refractivity (Wildman–Crippen MR) is 53.4 cm³/mol. The van der Waals surface area contributed by atoms with Crippen molar-refractivity contribution in [2.45, 2.75) is 11.8 Å². The summed E-state index contributed by atoms with van der Waals surface area (Å²) in [6.07, 6.45) is 0. The van der Waals surface area contributed by atoms with Crippen LogP contribution in [0.5, 0.6) is 0 Å². The van der Waals surface area contributed by atoms with Crippen molar-refractivity contribution in [3.05, 3.63) is 23.8 Å². The molecule has 0 aliphatic rings. The third-order valence-electron chi connectivity index (χ3n) is 1.55. The third kappa shape index (κ3) is 2.43. The molecular formula is C9H13NOS. The SMILES string of the molecule is Cc1cc(N)ccc1SCCO. The lowest BCUT2D eigenvalue weighted by atomic mass is 10.2. The Balaban J connectivity index is 2.72. The molecule has 0 amide bonds. The smallest absolute Gasteiger partial charge is 0.0525 e. The molecule has 0 saturated carbocycles. The largest absolute Gasteiger partial charge is 0.399 e. The fourth-order valence-electron chi connectivity index (χ4n) is 0.990. The number of aliphatic hydroxyl groups excluding tert-OH is 1. The standard InChI is InChI=1S/C9H13NOS/c1-7-6-8(10)2-3-9(7)12-5-4-11/h2-3,6,11H,4-5,10H2,1H3. The monoisotopic (exact) mass is 183 g/mol. The molecule has 0 heterocycles. The molecule has 1 rings (SSSR count). The van der Waals surface area contributed by atoms with Crippen molar-refractivity contribution in [2.24, 2.45) is 0 Å². The van der Waals surface area contributed by atoms with Crippen LogP contribution in [-0.2, 0) is 0 Å². The van der Waals surface area contributed by atoms with Crippen LogP contribution in [0.15, 0.2) is 23.1 Å². The summed E-state index contributed by atoms with van der Waals surface area (Å²) in [5, 5.41) is 8.63. The number of nitrogen functional groups attached to an aromatic ring is 1. The van der Waals surface area contributed by atoms with Crippen LogP contribution >= 0.6 is 11.8 Å². The van der Waals surface area contributed by atoms with E-state index < -0.39 is 0 Å². The molecule has 0 radical (unpaired) electrons. The van der Waals surface area contributed by atoms with E-state index in [1.165, 1.54) is 10.5 Å². The maximum absolute atomic E-state index is 8.63. The average molecular weight is 183 g/mol. The fraction of sp³-hybridized carbons (Fsp3) is 0.333. The minimum Gasteiger partial charge on any atom is -0.399 e. The van der Waals surface area contributed by atoms with Gasteiger partial charge in [-0.1, -0.05) is 0 Å². The fourth-order valence-corrected chi connectivity index (χ4v) is 1.75. The molecule has 3 heteroatoms. The summed E-state index contributed by atoms with van der Waals surface area (Å²) in [7, 11) is 0. The molecule has 0 atom stereocenters. The summed E-state index contributed by atoms with van der Waals surface area (Å²) in [5.41, 5.74) is 7.56. The lowest BCUT2D eigenvalue weighted by Gasteiger charge is -2.04. The first-order valence-corrected chi connectivity index (χ1v) is 4.82. The Kier molecular flexibility index (Phi) is 3.44. The number of thioether (sulfide) groups is 1. The highest BCUT2D eigenvalue weighted by molar-refractivity contribution is 7.99. The number of hydrogen-bond donors (Lipinski definition) is 2. The topological polar surface area (TPSA) is 46.2 Å². The van der Waals surface area contributed by atoms with E-state index in [2.05, 4.69) is 0 Å². The molecular weight excluding hydrogens is 170 g/mol. The number of hydrogen-bond acceptors (Lipinski definition) is 3. The van der Waals surface area contributed by atoms with Gasteiger partial charge in [-0.2, -0.15) is 0 Å². The highest BCUT2D eigenvalue weighted by Gasteiger charge is 1.97. The molecule has 3 N–H and O–H groups in total. The maximum Gasteiger partial charge on any atom is 0.0525 e. The van der Waals surface area contributed by atoms with E-state index in [0.717, 1.165) is 11.4 Å². The van der Waals surface area contributed by atoms with E-state index in [0.29, 0.717) is 0 Å². The van der Waals surface area contributed by atoms with Crippen LogP contribution in [0.4, 0.5) is 5.69 Å². The number of benzene rings is 1. The number of nitrogens with two attached hydrogens (primary N) is 1. The Bertz CT molecular complexity index is 263. The number of anilines is 1. The van der Waals surface area contributed by atoms with Gasteiger partial charge in [-0.3, -0.25) is 0 Å². The van der Waals surface area contributed by atoms with Gasteiger partial charge >= 0.3 is 0 Å². The van der Waals surface area contributed by atoms with Gasteiger partial charge in [0.2, 0.25) is 0 Å². The van der Waals surface area contributed by atoms with Crippen molar-refractivity contribution < 1.29 is 5.11 Å². The van der Waals surface area contributed by atoms with Crippen molar-refractivity contribution in [2.75, 3.05) is 18.1 Å². The first-order valence-electron chi connectivity index (χ1n) is 3.84. The van der Waals surface area contributed by atoms with Gasteiger partial charge < -0.3 is 10.8 Å². The van der Waals surface area contributed by atoms with Crippen molar-refractivity contribution in [3.8, 4) is 0 Å². The van der Waals surface area contributed by atoms with Gasteiger partial charge in [0.15, 0.2) is 0 Å². The minimum atomic E-state index is 0.217. The number of rotatable bonds is 3. The van der Waals surface area contributed by atoms with Gasteiger partial charge in [-0.15, -0.1) is 11.8 Å². The highest BCUT2D eigenvalue weighted by Crippen LogP contribution is 2.23. The van der Waals surface area contributed by atoms with Crippen LogP contribution in [0.25, 0.3) is 0 Å². The summed E-state index contributed by atoms with van der Waals surface area (Å²) in [5.74, 6) is 0.741. The second-order valence-corrected chi connectivity index (χ2v) is 3.73. The summed E-state index contributed by atoms with van der Waals surface area (Å²) >= 11 is 1.65. The molecule has 2 nitrogen and oxygen atoms in total. The predicted octanol–water partition coefficient (Wildman–Crippen LogP) is 1.66. The van der Waals surface area contributed by atoms with Gasteiger partial charge in [0.05, 0.1) is 6.61 Å². The van der Waals surface area contributed by atoms with Gasteiger partial charge in [0.1, 0.15) is 0 Å². The van der Waals surface area contributed by atoms with Gasteiger partial charge in [-0.05, 0) is 30.7 Å². The van der Waals surface area contributed by atoms with Crippen molar-refractivity contribution >= 4 is 17.4 Å². The normalized spacial score (nSPS) is 10.2. The molecule has 1 aromatic rings. The minimum absolute atomic E-state index is 0.217. The maximum atomic E-state index is 8.63. The zero-order valence-electron chi connectivity index (χ0n) is 7.08. The Morgan fingerprint density at radius 3 is 2.83 bits per heavy atom. The van der Waals surface area contributed by atoms with E-state index in [1.54, 1.807) is 11.8 Å². The summed E-state index contributed by atoms with van der Waals surface area (Å²) < 4.78 is 0. The second-order valence-electron chi connectivity index (χ2n) is 2.60.